The summed E-state index contributed by atoms with van der Waals surface area (Å²) in [4.78, 5) is 29.9. The van der Waals surface area contributed by atoms with Crippen LogP contribution in [-0.2, 0) is 19.5 Å². The van der Waals surface area contributed by atoms with Gasteiger partial charge >= 0.3 is 5.69 Å². The number of rotatable bonds is 6. The molecule has 2 aromatic heterocycles. The molecule has 0 fully saturated rings. The minimum absolute atomic E-state index is 0.0412. The molecule has 0 unspecified atom stereocenters. The van der Waals surface area contributed by atoms with Crippen molar-refractivity contribution in [1.82, 2.24) is 19.3 Å². The standard InChI is InChI=1S/C21H19FN4O3/c1-2-10-25-20(27)16-8-3-4-9-17(16)26(21(25)28)13-19-23-18(24-29-19)12-14-6-5-7-15(22)11-14/h3-9,11H,2,10,12-13H2,1H3. The molecular weight excluding hydrogens is 375 g/mol. The van der Waals surface area contributed by atoms with Crippen LogP contribution in [0.2, 0.25) is 0 Å². The number of hydrogen-bond donors (Lipinski definition) is 0. The molecule has 29 heavy (non-hydrogen) atoms. The maximum Gasteiger partial charge on any atom is 0.331 e. The second kappa shape index (κ2) is 7.83. The fourth-order valence-corrected chi connectivity index (χ4v) is 3.34. The van der Waals surface area contributed by atoms with E-state index in [1.807, 2.05) is 6.92 Å². The van der Waals surface area contributed by atoms with Crippen molar-refractivity contribution in [1.29, 1.82) is 0 Å². The third-order valence-electron chi connectivity index (χ3n) is 4.63. The first-order chi connectivity index (χ1) is 14.1. The van der Waals surface area contributed by atoms with Crippen molar-refractivity contribution >= 4 is 10.9 Å². The summed E-state index contributed by atoms with van der Waals surface area (Å²) in [5, 5.41) is 4.39. The molecule has 2 aromatic carbocycles. The first kappa shape index (κ1) is 18.8. The first-order valence-electron chi connectivity index (χ1n) is 9.35. The Hall–Kier alpha value is -3.55. The van der Waals surface area contributed by atoms with E-state index in [2.05, 4.69) is 10.1 Å². The average Bonchev–Trinajstić information content (AvgIpc) is 3.15. The van der Waals surface area contributed by atoms with Gasteiger partial charge in [0.15, 0.2) is 5.82 Å². The van der Waals surface area contributed by atoms with E-state index in [-0.39, 0.29) is 23.8 Å². The number of para-hydroxylation sites is 1. The van der Waals surface area contributed by atoms with Crippen molar-refractivity contribution in [3.8, 4) is 0 Å². The van der Waals surface area contributed by atoms with Gasteiger partial charge in [-0.05, 0) is 36.2 Å². The van der Waals surface area contributed by atoms with Crippen LogP contribution in [0.15, 0.2) is 62.6 Å². The fourth-order valence-electron chi connectivity index (χ4n) is 3.34. The van der Waals surface area contributed by atoms with Crippen LogP contribution in [0.25, 0.3) is 10.9 Å². The highest BCUT2D eigenvalue weighted by Crippen LogP contribution is 2.12. The number of halogens is 1. The van der Waals surface area contributed by atoms with E-state index in [9.17, 15) is 14.0 Å². The van der Waals surface area contributed by atoms with Gasteiger partial charge in [0.1, 0.15) is 12.4 Å². The lowest BCUT2D eigenvalue weighted by atomic mass is 10.1. The van der Waals surface area contributed by atoms with Crippen LogP contribution in [0.5, 0.6) is 0 Å². The Balaban J connectivity index is 1.71. The van der Waals surface area contributed by atoms with Gasteiger partial charge in [0.25, 0.3) is 5.56 Å². The smallest absolute Gasteiger partial charge is 0.331 e. The van der Waals surface area contributed by atoms with Crippen LogP contribution < -0.4 is 11.2 Å². The Kier molecular flexibility index (Phi) is 5.07. The van der Waals surface area contributed by atoms with Gasteiger partial charge < -0.3 is 4.52 Å². The highest BCUT2D eigenvalue weighted by Gasteiger charge is 2.15. The zero-order valence-electron chi connectivity index (χ0n) is 15.8. The van der Waals surface area contributed by atoms with E-state index < -0.39 is 5.69 Å². The van der Waals surface area contributed by atoms with Gasteiger partial charge in [-0.2, -0.15) is 4.98 Å². The number of fused-ring (bicyclic) bond motifs is 1. The maximum absolute atomic E-state index is 13.4. The number of hydrogen-bond acceptors (Lipinski definition) is 5. The molecule has 0 atom stereocenters. The minimum Gasteiger partial charge on any atom is -0.337 e. The predicted octanol–water partition coefficient (Wildman–Crippen LogP) is 2.73. The van der Waals surface area contributed by atoms with E-state index in [0.717, 1.165) is 5.56 Å². The van der Waals surface area contributed by atoms with Gasteiger partial charge in [0.05, 0.1) is 10.9 Å². The summed E-state index contributed by atoms with van der Waals surface area (Å²) in [6.07, 6.45) is 0.970. The Morgan fingerprint density at radius 3 is 2.69 bits per heavy atom. The lowest BCUT2D eigenvalue weighted by molar-refractivity contribution is 0.364. The molecule has 0 aliphatic rings. The van der Waals surface area contributed by atoms with Crippen LogP contribution in [0.1, 0.15) is 30.6 Å². The topological polar surface area (TPSA) is 82.9 Å². The highest BCUT2D eigenvalue weighted by atomic mass is 19.1. The summed E-state index contributed by atoms with van der Waals surface area (Å²) in [6.45, 7) is 2.28. The largest absolute Gasteiger partial charge is 0.337 e. The van der Waals surface area contributed by atoms with Gasteiger partial charge in [-0.1, -0.05) is 36.3 Å². The molecular formula is C21H19FN4O3. The lowest BCUT2D eigenvalue weighted by Crippen LogP contribution is -2.40. The molecule has 0 radical (unpaired) electrons. The monoisotopic (exact) mass is 394 g/mol. The summed E-state index contributed by atoms with van der Waals surface area (Å²) < 4.78 is 21.4. The Morgan fingerprint density at radius 1 is 1.07 bits per heavy atom. The average molecular weight is 394 g/mol. The molecule has 4 aromatic rings. The molecule has 148 valence electrons. The normalized spacial score (nSPS) is 11.2. The van der Waals surface area contributed by atoms with Crippen molar-refractivity contribution in [3.05, 3.63) is 92.5 Å². The van der Waals surface area contributed by atoms with E-state index in [0.29, 0.717) is 36.1 Å². The predicted molar refractivity (Wildman–Crippen MR) is 105 cm³/mol. The van der Waals surface area contributed by atoms with Crippen molar-refractivity contribution in [2.75, 3.05) is 0 Å². The van der Waals surface area contributed by atoms with Gasteiger partial charge in [-0.25, -0.2) is 9.18 Å². The number of nitrogens with zero attached hydrogens (tertiary/aromatic N) is 4. The minimum atomic E-state index is -0.416. The molecule has 2 heterocycles. The Morgan fingerprint density at radius 2 is 1.90 bits per heavy atom. The highest BCUT2D eigenvalue weighted by molar-refractivity contribution is 5.77. The molecule has 8 heteroatoms. The zero-order valence-corrected chi connectivity index (χ0v) is 15.8. The molecule has 0 amide bonds. The summed E-state index contributed by atoms with van der Waals surface area (Å²) in [7, 11) is 0. The molecule has 0 spiro atoms. The summed E-state index contributed by atoms with van der Waals surface area (Å²) in [5.41, 5.74) is 0.512. The third kappa shape index (κ3) is 3.73. The van der Waals surface area contributed by atoms with Gasteiger partial charge in [0, 0.05) is 13.0 Å². The summed E-state index contributed by atoms with van der Waals surface area (Å²) in [5.74, 6) is 0.303. The van der Waals surface area contributed by atoms with Gasteiger partial charge in [0.2, 0.25) is 5.89 Å². The molecule has 0 aliphatic heterocycles. The van der Waals surface area contributed by atoms with E-state index >= 15 is 0 Å². The maximum atomic E-state index is 13.4. The van der Waals surface area contributed by atoms with Gasteiger partial charge in [-0.3, -0.25) is 13.9 Å². The van der Waals surface area contributed by atoms with Gasteiger partial charge in [-0.15, -0.1) is 0 Å². The molecule has 0 aliphatic carbocycles. The molecule has 0 bridgehead atoms. The molecule has 0 saturated heterocycles. The van der Waals surface area contributed by atoms with E-state index in [4.69, 9.17) is 4.52 Å². The Labute approximate surface area is 165 Å². The van der Waals surface area contributed by atoms with Crippen LogP contribution in [0, 0.1) is 5.82 Å². The Bertz CT molecular complexity index is 1290. The van der Waals surface area contributed by atoms with Crippen molar-refractivity contribution < 1.29 is 8.91 Å². The fraction of sp³-hybridized carbons (Fsp3) is 0.238. The summed E-state index contributed by atoms with van der Waals surface area (Å²) in [6, 6.07) is 13.1. The zero-order chi connectivity index (χ0) is 20.4. The van der Waals surface area contributed by atoms with Crippen molar-refractivity contribution in [3.63, 3.8) is 0 Å². The second-order valence-corrected chi connectivity index (χ2v) is 6.75. The van der Waals surface area contributed by atoms with Crippen LogP contribution in [-0.4, -0.2) is 19.3 Å². The van der Waals surface area contributed by atoms with Crippen LogP contribution >= 0.6 is 0 Å². The molecule has 0 saturated carbocycles. The van der Waals surface area contributed by atoms with Crippen molar-refractivity contribution in [2.45, 2.75) is 32.9 Å². The lowest BCUT2D eigenvalue weighted by Gasteiger charge is -2.12. The molecule has 0 N–H and O–H groups in total. The van der Waals surface area contributed by atoms with E-state index in [1.54, 1.807) is 36.4 Å². The summed E-state index contributed by atoms with van der Waals surface area (Å²) >= 11 is 0. The van der Waals surface area contributed by atoms with Crippen LogP contribution in [0.3, 0.4) is 0 Å². The second-order valence-electron chi connectivity index (χ2n) is 6.75. The SMILES string of the molecule is CCCn1c(=O)c2ccccc2n(Cc2nc(Cc3cccc(F)c3)no2)c1=O. The van der Waals surface area contributed by atoms with Crippen molar-refractivity contribution in [2.24, 2.45) is 0 Å². The number of aromatic nitrogens is 4. The molecule has 4 rings (SSSR count). The quantitative estimate of drug-likeness (QED) is 0.502. The first-order valence-corrected chi connectivity index (χ1v) is 9.35. The third-order valence-corrected chi connectivity index (χ3v) is 4.63. The van der Waals surface area contributed by atoms with E-state index in [1.165, 1.54) is 21.3 Å². The van der Waals surface area contributed by atoms with Crippen LogP contribution in [0.4, 0.5) is 4.39 Å². The molecule has 7 nitrogen and oxygen atoms in total. The number of benzene rings is 2.